The Morgan fingerprint density at radius 2 is 1.85 bits per heavy atom. The molecule has 1 fully saturated rings. The van der Waals surface area contributed by atoms with Gasteiger partial charge in [-0.1, -0.05) is 35.5 Å². The van der Waals surface area contributed by atoms with E-state index in [4.69, 9.17) is 9.26 Å². The van der Waals surface area contributed by atoms with Crippen LogP contribution >= 0.6 is 0 Å². The summed E-state index contributed by atoms with van der Waals surface area (Å²) in [4.78, 5) is 4.68. The van der Waals surface area contributed by atoms with Crippen LogP contribution in [0.3, 0.4) is 0 Å². The van der Waals surface area contributed by atoms with Crippen molar-refractivity contribution in [2.24, 2.45) is 5.92 Å². The van der Waals surface area contributed by atoms with Crippen LogP contribution in [-0.4, -0.2) is 42.6 Å². The molecule has 0 saturated carbocycles. The van der Waals surface area contributed by atoms with Gasteiger partial charge in [-0.3, -0.25) is 4.72 Å². The molecule has 0 aliphatic carbocycles. The smallest absolute Gasteiger partial charge is 0.229 e. The quantitative estimate of drug-likeness (QED) is 0.430. The number of nitrogens with one attached hydrogen (secondary N) is 1. The zero-order valence-corrected chi connectivity index (χ0v) is 20.3. The third-order valence-electron chi connectivity index (χ3n) is 6.45. The van der Waals surface area contributed by atoms with Gasteiger partial charge < -0.3 is 13.8 Å². The fourth-order valence-electron chi connectivity index (χ4n) is 5.01. The van der Waals surface area contributed by atoms with Crippen molar-refractivity contribution < 1.29 is 17.7 Å². The lowest BCUT2D eigenvalue weighted by molar-refractivity contribution is 0.0547. The monoisotopic (exact) mass is 480 g/mol. The summed E-state index contributed by atoms with van der Waals surface area (Å²) in [6, 6.07) is 14.3. The number of imidazole rings is 1. The number of hydrogen-bond acceptors (Lipinski definition) is 6. The van der Waals surface area contributed by atoms with Gasteiger partial charge in [0.25, 0.3) is 0 Å². The SMILES string of the molecule is Cc1noc(C)c1-c1cc(NS(C)(=O)=O)c2ncn([C@@H](c3ccccc3)C3CCOCC3)c2c1. The lowest BCUT2D eigenvalue weighted by atomic mass is 9.86. The van der Waals surface area contributed by atoms with Crippen LogP contribution in [0.5, 0.6) is 0 Å². The average molecular weight is 481 g/mol. The fraction of sp³-hybridized carbons (Fsp3) is 0.360. The van der Waals surface area contributed by atoms with Gasteiger partial charge in [-0.2, -0.15) is 0 Å². The predicted octanol–water partition coefficient (Wildman–Crippen LogP) is 4.70. The zero-order valence-electron chi connectivity index (χ0n) is 19.5. The van der Waals surface area contributed by atoms with Crippen LogP contribution in [0.15, 0.2) is 53.3 Å². The lowest BCUT2D eigenvalue weighted by Crippen LogP contribution is -2.26. The maximum atomic E-state index is 12.2. The molecule has 0 unspecified atom stereocenters. The number of aryl methyl sites for hydroxylation is 2. The van der Waals surface area contributed by atoms with E-state index in [9.17, 15) is 8.42 Å². The van der Waals surface area contributed by atoms with Crippen molar-refractivity contribution in [2.45, 2.75) is 32.7 Å². The van der Waals surface area contributed by atoms with Crippen molar-refractivity contribution in [2.75, 3.05) is 24.2 Å². The number of nitrogens with zero attached hydrogens (tertiary/aromatic N) is 3. The van der Waals surface area contributed by atoms with Crippen LogP contribution in [-0.2, 0) is 14.8 Å². The molecule has 9 heteroatoms. The van der Waals surface area contributed by atoms with Crippen LogP contribution in [0.1, 0.15) is 35.9 Å². The molecule has 5 rings (SSSR count). The third-order valence-corrected chi connectivity index (χ3v) is 7.04. The normalized spacial score (nSPS) is 16.1. The van der Waals surface area contributed by atoms with E-state index >= 15 is 0 Å². The number of rotatable bonds is 6. The van der Waals surface area contributed by atoms with Crippen LogP contribution in [0, 0.1) is 19.8 Å². The van der Waals surface area contributed by atoms with Gasteiger partial charge in [0, 0.05) is 18.8 Å². The number of hydrogen-bond donors (Lipinski definition) is 1. The minimum Gasteiger partial charge on any atom is -0.381 e. The Morgan fingerprint density at radius 3 is 2.50 bits per heavy atom. The highest BCUT2D eigenvalue weighted by molar-refractivity contribution is 7.92. The summed E-state index contributed by atoms with van der Waals surface area (Å²) in [5.74, 6) is 1.04. The Kier molecular flexibility index (Phi) is 5.91. The van der Waals surface area contributed by atoms with Gasteiger partial charge in [-0.05, 0) is 55.9 Å². The number of sulfonamides is 1. The van der Waals surface area contributed by atoms with E-state index < -0.39 is 10.0 Å². The first kappa shape index (κ1) is 22.6. The van der Waals surface area contributed by atoms with Gasteiger partial charge in [0.2, 0.25) is 10.0 Å². The van der Waals surface area contributed by atoms with E-state index in [2.05, 4.69) is 37.6 Å². The highest BCUT2D eigenvalue weighted by Gasteiger charge is 2.29. The Bertz CT molecular complexity index is 1400. The second-order valence-corrected chi connectivity index (χ2v) is 10.7. The van der Waals surface area contributed by atoms with Crippen molar-refractivity contribution in [3.05, 3.63) is 65.8 Å². The van der Waals surface area contributed by atoms with E-state index in [1.807, 2.05) is 38.4 Å². The number of fused-ring (bicyclic) bond motifs is 1. The Hall–Kier alpha value is -3.17. The maximum absolute atomic E-state index is 12.2. The summed E-state index contributed by atoms with van der Waals surface area (Å²) in [7, 11) is -3.51. The highest BCUT2D eigenvalue weighted by Crippen LogP contribution is 2.39. The largest absolute Gasteiger partial charge is 0.381 e. The summed E-state index contributed by atoms with van der Waals surface area (Å²) in [6.45, 7) is 5.19. The Balaban J connectivity index is 1.75. The first-order valence-corrected chi connectivity index (χ1v) is 13.3. The van der Waals surface area contributed by atoms with Crippen LogP contribution < -0.4 is 4.72 Å². The summed E-state index contributed by atoms with van der Waals surface area (Å²) in [5, 5.41) is 4.09. The Labute approximate surface area is 199 Å². The second kappa shape index (κ2) is 8.88. The van der Waals surface area contributed by atoms with E-state index in [0.29, 0.717) is 22.9 Å². The number of aromatic nitrogens is 3. The minimum absolute atomic E-state index is 0.0427. The number of benzene rings is 2. The third kappa shape index (κ3) is 4.33. The van der Waals surface area contributed by atoms with Gasteiger partial charge in [0.05, 0.1) is 35.5 Å². The molecule has 0 spiro atoms. The molecule has 8 nitrogen and oxygen atoms in total. The van der Waals surface area contributed by atoms with Crippen LogP contribution in [0.4, 0.5) is 5.69 Å². The summed E-state index contributed by atoms with van der Waals surface area (Å²) in [6.07, 6.45) is 4.85. The molecular weight excluding hydrogens is 452 g/mol. The molecule has 2 aromatic carbocycles. The van der Waals surface area contributed by atoms with Crippen LogP contribution in [0.25, 0.3) is 22.2 Å². The molecule has 1 atom stereocenters. The average Bonchev–Trinajstić information content (AvgIpc) is 3.37. The summed E-state index contributed by atoms with van der Waals surface area (Å²) in [5.41, 5.74) is 5.51. The highest BCUT2D eigenvalue weighted by atomic mass is 32.2. The van der Waals surface area contributed by atoms with Gasteiger partial charge in [0.15, 0.2) is 0 Å². The van der Waals surface area contributed by atoms with Crippen molar-refractivity contribution >= 4 is 26.7 Å². The first-order chi connectivity index (χ1) is 16.3. The molecule has 2 aromatic heterocycles. The lowest BCUT2D eigenvalue weighted by Gasteiger charge is -2.32. The molecule has 1 aliphatic heterocycles. The van der Waals surface area contributed by atoms with Gasteiger partial charge in [-0.25, -0.2) is 13.4 Å². The van der Waals surface area contributed by atoms with Gasteiger partial charge in [0.1, 0.15) is 11.3 Å². The number of ether oxygens (including phenoxy) is 1. The standard InChI is InChI=1S/C25H28N4O4S/c1-16-23(17(2)33-27-16)20-13-21(28-34(3,30)31)24-22(14-20)29(15-26-24)25(18-7-5-4-6-8-18)19-9-11-32-12-10-19/h4-8,13-15,19,25,28H,9-12H2,1-3H3/t25-/m0/s1. The maximum Gasteiger partial charge on any atom is 0.229 e. The molecule has 1 N–H and O–H groups in total. The van der Waals surface area contributed by atoms with Gasteiger partial charge >= 0.3 is 0 Å². The molecule has 3 heterocycles. The molecule has 178 valence electrons. The topological polar surface area (TPSA) is 99.3 Å². The predicted molar refractivity (Wildman–Crippen MR) is 131 cm³/mol. The first-order valence-electron chi connectivity index (χ1n) is 11.4. The molecule has 0 radical (unpaired) electrons. The van der Waals surface area contributed by atoms with E-state index in [1.54, 1.807) is 6.07 Å². The van der Waals surface area contributed by atoms with Crippen molar-refractivity contribution in [1.29, 1.82) is 0 Å². The van der Waals surface area contributed by atoms with Crippen LogP contribution in [0.2, 0.25) is 0 Å². The molecule has 4 aromatic rings. The zero-order chi connectivity index (χ0) is 23.9. The molecule has 0 bridgehead atoms. The van der Waals surface area contributed by atoms with E-state index in [-0.39, 0.29) is 6.04 Å². The van der Waals surface area contributed by atoms with Crippen molar-refractivity contribution in [1.82, 2.24) is 14.7 Å². The molecule has 34 heavy (non-hydrogen) atoms. The second-order valence-electron chi connectivity index (χ2n) is 8.92. The fourth-order valence-corrected chi connectivity index (χ4v) is 5.57. The summed E-state index contributed by atoms with van der Waals surface area (Å²) < 4.78 is 40.3. The van der Waals surface area contributed by atoms with Gasteiger partial charge in [-0.15, -0.1) is 0 Å². The Morgan fingerprint density at radius 1 is 1.12 bits per heavy atom. The molecule has 1 aliphatic rings. The molecular formula is C25H28N4O4S. The summed E-state index contributed by atoms with van der Waals surface area (Å²) >= 11 is 0. The molecule has 1 saturated heterocycles. The number of anilines is 1. The van der Waals surface area contributed by atoms with E-state index in [0.717, 1.165) is 54.6 Å². The minimum atomic E-state index is -3.51. The van der Waals surface area contributed by atoms with Crippen molar-refractivity contribution in [3.63, 3.8) is 0 Å². The van der Waals surface area contributed by atoms with E-state index in [1.165, 1.54) is 5.56 Å². The molecule has 0 amide bonds. The van der Waals surface area contributed by atoms with Crippen molar-refractivity contribution in [3.8, 4) is 11.1 Å².